The van der Waals surface area contributed by atoms with Crippen LogP contribution in [0.4, 0.5) is 0 Å². The normalized spacial score (nSPS) is 23.4. The monoisotopic (exact) mass is 277 g/mol. The summed E-state index contributed by atoms with van der Waals surface area (Å²) < 4.78 is 16.1. The maximum absolute atomic E-state index is 11.8. The molecule has 1 unspecified atom stereocenters. The smallest absolute Gasteiger partial charge is 0.350 e. The van der Waals surface area contributed by atoms with Crippen molar-refractivity contribution in [3.05, 3.63) is 35.9 Å². The molecule has 2 atom stereocenters. The molecule has 0 bridgehead atoms. The Kier molecular flexibility index (Phi) is 4.39. The highest BCUT2D eigenvalue weighted by Gasteiger charge is 2.41. The molecule has 2 rings (SSSR count). The van der Waals surface area contributed by atoms with Crippen LogP contribution in [0.25, 0.3) is 0 Å². The molecule has 0 aromatic heterocycles. The number of ether oxygens (including phenoxy) is 3. The van der Waals surface area contributed by atoms with E-state index in [1.165, 1.54) is 7.11 Å². The first-order valence-electron chi connectivity index (χ1n) is 6.50. The number of aliphatic imine (C=N–C) groups is 1. The van der Waals surface area contributed by atoms with Gasteiger partial charge >= 0.3 is 5.97 Å². The summed E-state index contributed by atoms with van der Waals surface area (Å²) in [4.78, 5) is 16.2. The van der Waals surface area contributed by atoms with E-state index in [0.717, 1.165) is 5.56 Å². The largest absolute Gasteiger partial charge is 0.466 e. The van der Waals surface area contributed by atoms with Crippen LogP contribution in [0.2, 0.25) is 0 Å². The first kappa shape index (κ1) is 14.5. The van der Waals surface area contributed by atoms with Gasteiger partial charge in [0.2, 0.25) is 11.5 Å². The molecular formula is C15H19NO4. The number of carbonyl (C=O) groups excluding carboxylic acids is 1. The highest BCUT2D eigenvalue weighted by molar-refractivity contribution is 5.88. The van der Waals surface area contributed by atoms with Crippen molar-refractivity contribution in [2.24, 2.45) is 4.99 Å². The lowest BCUT2D eigenvalue weighted by molar-refractivity contribution is -0.160. The quantitative estimate of drug-likeness (QED) is 0.791. The molecule has 0 radical (unpaired) electrons. The molecule has 1 aliphatic heterocycles. The van der Waals surface area contributed by atoms with Crippen molar-refractivity contribution in [3.63, 3.8) is 0 Å². The molecule has 108 valence electrons. The summed E-state index contributed by atoms with van der Waals surface area (Å²) >= 11 is 0. The van der Waals surface area contributed by atoms with E-state index in [4.69, 9.17) is 14.2 Å². The van der Waals surface area contributed by atoms with Crippen LogP contribution in [0, 0.1) is 0 Å². The fourth-order valence-corrected chi connectivity index (χ4v) is 2.20. The predicted molar refractivity (Wildman–Crippen MR) is 74.6 cm³/mol. The maximum atomic E-state index is 11.8. The van der Waals surface area contributed by atoms with Gasteiger partial charge in [0.15, 0.2) is 6.10 Å². The second kappa shape index (κ2) is 6.05. The molecule has 0 saturated carbocycles. The standard InChI is InChI=1S/C15H19NO4/c1-15(14(17)19-3)9-10-16-13(20-15)12(18-2)11-7-5-4-6-8-11/h4-8,12H,9-10H2,1-3H3/t12?,15-/m1/s1. The van der Waals surface area contributed by atoms with Crippen LogP contribution in [-0.2, 0) is 19.0 Å². The van der Waals surface area contributed by atoms with Gasteiger partial charge in [-0.2, -0.15) is 0 Å². The van der Waals surface area contributed by atoms with E-state index >= 15 is 0 Å². The molecule has 5 heteroatoms. The number of methoxy groups -OCH3 is 2. The number of esters is 1. The highest BCUT2D eigenvalue weighted by Crippen LogP contribution is 2.28. The van der Waals surface area contributed by atoms with E-state index < -0.39 is 17.7 Å². The van der Waals surface area contributed by atoms with Gasteiger partial charge in [0.05, 0.1) is 7.11 Å². The van der Waals surface area contributed by atoms with E-state index in [1.807, 2.05) is 30.3 Å². The number of hydrogen-bond acceptors (Lipinski definition) is 5. The van der Waals surface area contributed by atoms with Gasteiger partial charge in [0.1, 0.15) is 0 Å². The summed E-state index contributed by atoms with van der Waals surface area (Å²) in [6.45, 7) is 2.22. The molecule has 20 heavy (non-hydrogen) atoms. The van der Waals surface area contributed by atoms with Gasteiger partial charge in [-0.1, -0.05) is 30.3 Å². The number of carbonyl (C=O) groups is 1. The summed E-state index contributed by atoms with van der Waals surface area (Å²) in [5, 5.41) is 0. The first-order chi connectivity index (χ1) is 9.60. The summed E-state index contributed by atoms with van der Waals surface area (Å²) in [5.41, 5.74) is -0.0694. The third kappa shape index (κ3) is 2.82. The number of nitrogens with zero attached hydrogens (tertiary/aromatic N) is 1. The lowest BCUT2D eigenvalue weighted by Crippen LogP contribution is -2.45. The van der Waals surface area contributed by atoms with Crippen molar-refractivity contribution in [3.8, 4) is 0 Å². The zero-order valence-electron chi connectivity index (χ0n) is 12.0. The maximum Gasteiger partial charge on any atom is 0.350 e. The van der Waals surface area contributed by atoms with Crippen LogP contribution >= 0.6 is 0 Å². The van der Waals surface area contributed by atoms with Gasteiger partial charge in [-0.25, -0.2) is 4.79 Å². The Balaban J connectivity index is 2.23. The minimum atomic E-state index is -1.00. The van der Waals surface area contributed by atoms with Crippen molar-refractivity contribution in [2.45, 2.75) is 25.0 Å². The third-order valence-electron chi connectivity index (χ3n) is 3.37. The lowest BCUT2D eigenvalue weighted by Gasteiger charge is -2.33. The Labute approximate surface area is 118 Å². The fraction of sp³-hybridized carbons (Fsp3) is 0.467. The minimum Gasteiger partial charge on any atom is -0.466 e. The van der Waals surface area contributed by atoms with Crippen molar-refractivity contribution in [1.29, 1.82) is 0 Å². The summed E-state index contributed by atoms with van der Waals surface area (Å²) in [6.07, 6.45) is 0.0782. The molecule has 1 aromatic carbocycles. The molecular weight excluding hydrogens is 258 g/mol. The second-order valence-electron chi connectivity index (χ2n) is 4.82. The summed E-state index contributed by atoms with van der Waals surface area (Å²) in [7, 11) is 2.95. The summed E-state index contributed by atoms with van der Waals surface area (Å²) in [5.74, 6) is 0.0191. The Bertz CT molecular complexity index is 500. The minimum absolute atomic E-state index is 0.396. The number of benzene rings is 1. The Morgan fingerprint density at radius 1 is 1.35 bits per heavy atom. The van der Waals surface area contributed by atoms with E-state index in [9.17, 15) is 4.79 Å². The van der Waals surface area contributed by atoms with E-state index in [-0.39, 0.29) is 0 Å². The molecule has 0 aliphatic carbocycles. The lowest BCUT2D eigenvalue weighted by atomic mass is 10.00. The van der Waals surface area contributed by atoms with Gasteiger partial charge in [0.25, 0.3) is 0 Å². The van der Waals surface area contributed by atoms with Crippen molar-refractivity contribution in [2.75, 3.05) is 20.8 Å². The van der Waals surface area contributed by atoms with Crippen LogP contribution in [0.15, 0.2) is 35.3 Å². The predicted octanol–water partition coefficient (Wildman–Crippen LogP) is 2.12. The SMILES string of the molecule is COC(=O)[C@@]1(C)CCN=C(C(OC)c2ccccc2)O1. The first-order valence-corrected chi connectivity index (χ1v) is 6.50. The van der Waals surface area contributed by atoms with Gasteiger partial charge in [-0.15, -0.1) is 0 Å². The zero-order chi connectivity index (χ0) is 14.6. The van der Waals surface area contributed by atoms with Gasteiger partial charge in [-0.3, -0.25) is 4.99 Å². The third-order valence-corrected chi connectivity index (χ3v) is 3.37. The molecule has 0 N–H and O–H groups in total. The molecule has 0 saturated heterocycles. The molecule has 0 fully saturated rings. The number of hydrogen-bond donors (Lipinski definition) is 0. The summed E-state index contributed by atoms with van der Waals surface area (Å²) in [6, 6.07) is 9.64. The molecule has 1 aliphatic rings. The van der Waals surface area contributed by atoms with Crippen LogP contribution in [0.5, 0.6) is 0 Å². The Hall–Kier alpha value is -1.88. The van der Waals surface area contributed by atoms with E-state index in [1.54, 1.807) is 14.0 Å². The van der Waals surface area contributed by atoms with E-state index in [2.05, 4.69) is 4.99 Å². The molecule has 0 amide bonds. The van der Waals surface area contributed by atoms with Crippen LogP contribution in [0.3, 0.4) is 0 Å². The average molecular weight is 277 g/mol. The zero-order valence-corrected chi connectivity index (χ0v) is 12.0. The highest BCUT2D eigenvalue weighted by atomic mass is 16.6. The van der Waals surface area contributed by atoms with Gasteiger partial charge in [0, 0.05) is 20.1 Å². The van der Waals surface area contributed by atoms with Crippen molar-refractivity contribution in [1.82, 2.24) is 0 Å². The number of rotatable bonds is 4. The van der Waals surface area contributed by atoms with E-state index in [0.29, 0.717) is 18.9 Å². The van der Waals surface area contributed by atoms with Crippen molar-refractivity contribution < 1.29 is 19.0 Å². The van der Waals surface area contributed by atoms with Crippen LogP contribution in [0.1, 0.15) is 25.0 Å². The molecule has 1 aromatic rings. The Morgan fingerprint density at radius 2 is 2.05 bits per heavy atom. The Morgan fingerprint density at radius 3 is 2.65 bits per heavy atom. The van der Waals surface area contributed by atoms with Gasteiger partial charge in [-0.05, 0) is 12.5 Å². The second-order valence-corrected chi connectivity index (χ2v) is 4.82. The molecule has 1 heterocycles. The van der Waals surface area contributed by atoms with Crippen LogP contribution in [-0.4, -0.2) is 38.2 Å². The topological polar surface area (TPSA) is 57.1 Å². The average Bonchev–Trinajstić information content (AvgIpc) is 2.48. The van der Waals surface area contributed by atoms with Crippen LogP contribution < -0.4 is 0 Å². The fourth-order valence-electron chi connectivity index (χ4n) is 2.20. The molecule has 5 nitrogen and oxygen atoms in total. The molecule has 0 spiro atoms. The van der Waals surface area contributed by atoms with Crippen molar-refractivity contribution >= 4 is 11.9 Å². The van der Waals surface area contributed by atoms with Gasteiger partial charge < -0.3 is 14.2 Å².